The number of hydrogen-bond acceptors (Lipinski definition) is 4. The summed E-state index contributed by atoms with van der Waals surface area (Å²) in [6.07, 6.45) is 4.08. The molecule has 1 aromatic rings. The predicted octanol–water partition coefficient (Wildman–Crippen LogP) is 0.938. The number of hydrogen-bond donors (Lipinski definition) is 1. The summed E-state index contributed by atoms with van der Waals surface area (Å²) in [6.45, 7) is 0.658. The van der Waals surface area contributed by atoms with Crippen molar-refractivity contribution < 1.29 is 4.74 Å². The molecular formula is C10H15N3O. The highest BCUT2D eigenvalue weighted by Crippen LogP contribution is 2.41. The first-order valence-electron chi connectivity index (χ1n) is 4.91. The van der Waals surface area contributed by atoms with Crippen LogP contribution in [-0.4, -0.2) is 23.6 Å². The van der Waals surface area contributed by atoms with Crippen LogP contribution in [0.3, 0.4) is 0 Å². The average molecular weight is 193 g/mol. The van der Waals surface area contributed by atoms with Gasteiger partial charge in [-0.2, -0.15) is 0 Å². The van der Waals surface area contributed by atoms with Crippen LogP contribution in [0.2, 0.25) is 0 Å². The molecule has 0 aliphatic heterocycles. The molecule has 1 fully saturated rings. The predicted molar refractivity (Wildman–Crippen MR) is 53.1 cm³/mol. The second-order valence-corrected chi connectivity index (χ2v) is 3.66. The SMILES string of the molecule is COc1cc(C(CN)C2CC2)ncn1. The molecule has 1 aliphatic carbocycles. The fraction of sp³-hybridized carbons (Fsp3) is 0.600. The van der Waals surface area contributed by atoms with Gasteiger partial charge in [0, 0.05) is 18.5 Å². The summed E-state index contributed by atoms with van der Waals surface area (Å²) in [4.78, 5) is 8.23. The van der Waals surface area contributed by atoms with E-state index in [1.54, 1.807) is 13.4 Å². The van der Waals surface area contributed by atoms with Gasteiger partial charge in [0.25, 0.3) is 0 Å². The van der Waals surface area contributed by atoms with Crippen LogP contribution in [0.1, 0.15) is 24.5 Å². The van der Waals surface area contributed by atoms with Gasteiger partial charge in [-0.15, -0.1) is 0 Å². The molecular weight excluding hydrogens is 178 g/mol. The minimum atomic E-state index is 0.381. The zero-order valence-electron chi connectivity index (χ0n) is 8.31. The first kappa shape index (κ1) is 9.40. The Hall–Kier alpha value is -1.16. The second-order valence-electron chi connectivity index (χ2n) is 3.66. The van der Waals surface area contributed by atoms with Gasteiger partial charge in [-0.3, -0.25) is 0 Å². The lowest BCUT2D eigenvalue weighted by atomic mass is 10.00. The molecule has 0 spiro atoms. The second kappa shape index (κ2) is 3.92. The fourth-order valence-electron chi connectivity index (χ4n) is 1.72. The third kappa shape index (κ3) is 1.85. The van der Waals surface area contributed by atoms with E-state index < -0.39 is 0 Å². The van der Waals surface area contributed by atoms with Gasteiger partial charge >= 0.3 is 0 Å². The van der Waals surface area contributed by atoms with Crippen molar-refractivity contribution in [3.8, 4) is 5.88 Å². The summed E-state index contributed by atoms with van der Waals surface area (Å²) in [6, 6.07) is 1.88. The third-order valence-electron chi connectivity index (χ3n) is 2.70. The van der Waals surface area contributed by atoms with Crippen LogP contribution in [0.4, 0.5) is 0 Å². The van der Waals surface area contributed by atoms with E-state index in [4.69, 9.17) is 10.5 Å². The van der Waals surface area contributed by atoms with Gasteiger partial charge < -0.3 is 10.5 Å². The summed E-state index contributed by atoms with van der Waals surface area (Å²) in [5, 5.41) is 0. The summed E-state index contributed by atoms with van der Waals surface area (Å²) < 4.78 is 5.06. The number of methoxy groups -OCH3 is 1. The fourth-order valence-corrected chi connectivity index (χ4v) is 1.72. The van der Waals surface area contributed by atoms with Crippen LogP contribution in [0.25, 0.3) is 0 Å². The molecule has 4 heteroatoms. The molecule has 1 atom stereocenters. The summed E-state index contributed by atoms with van der Waals surface area (Å²) in [5.41, 5.74) is 6.75. The molecule has 0 saturated heterocycles. The van der Waals surface area contributed by atoms with E-state index in [2.05, 4.69) is 9.97 Å². The Bertz CT molecular complexity index is 312. The highest BCUT2D eigenvalue weighted by Gasteiger charge is 2.32. The number of nitrogens with two attached hydrogens (primary N) is 1. The van der Waals surface area contributed by atoms with Crippen molar-refractivity contribution >= 4 is 0 Å². The zero-order valence-corrected chi connectivity index (χ0v) is 8.31. The highest BCUT2D eigenvalue weighted by molar-refractivity contribution is 5.19. The lowest BCUT2D eigenvalue weighted by Gasteiger charge is -2.12. The summed E-state index contributed by atoms with van der Waals surface area (Å²) >= 11 is 0. The number of rotatable bonds is 4. The smallest absolute Gasteiger partial charge is 0.216 e. The van der Waals surface area contributed by atoms with Gasteiger partial charge in [0.2, 0.25) is 5.88 Å². The van der Waals surface area contributed by atoms with Crippen LogP contribution < -0.4 is 10.5 Å². The van der Waals surface area contributed by atoms with Crippen molar-refractivity contribution in [3.63, 3.8) is 0 Å². The zero-order chi connectivity index (χ0) is 9.97. The molecule has 0 aromatic carbocycles. The molecule has 76 valence electrons. The maximum absolute atomic E-state index is 5.74. The van der Waals surface area contributed by atoms with Crippen molar-refractivity contribution in [2.45, 2.75) is 18.8 Å². The van der Waals surface area contributed by atoms with Gasteiger partial charge in [-0.05, 0) is 18.8 Å². The standard InChI is InChI=1S/C10H15N3O/c1-14-10-4-9(12-6-13-10)8(5-11)7-2-3-7/h4,6-8H,2-3,5,11H2,1H3. The van der Waals surface area contributed by atoms with Crippen molar-refractivity contribution in [2.75, 3.05) is 13.7 Å². The van der Waals surface area contributed by atoms with E-state index in [1.807, 2.05) is 6.07 Å². The number of aromatic nitrogens is 2. The van der Waals surface area contributed by atoms with Crippen molar-refractivity contribution in [1.82, 2.24) is 9.97 Å². The maximum atomic E-state index is 5.74. The van der Waals surface area contributed by atoms with E-state index in [9.17, 15) is 0 Å². The molecule has 0 amide bonds. The lowest BCUT2D eigenvalue weighted by Crippen LogP contribution is -2.15. The summed E-state index contributed by atoms with van der Waals surface area (Å²) in [5.74, 6) is 1.72. The van der Waals surface area contributed by atoms with Crippen molar-refractivity contribution in [1.29, 1.82) is 0 Å². The molecule has 2 rings (SSSR count). The average Bonchev–Trinajstić information content (AvgIpc) is 3.04. The van der Waals surface area contributed by atoms with Crippen LogP contribution in [-0.2, 0) is 0 Å². The normalized spacial score (nSPS) is 17.9. The van der Waals surface area contributed by atoms with E-state index >= 15 is 0 Å². The third-order valence-corrected chi connectivity index (χ3v) is 2.70. The topological polar surface area (TPSA) is 61.0 Å². The quantitative estimate of drug-likeness (QED) is 0.773. The van der Waals surface area contributed by atoms with Crippen molar-refractivity contribution in [3.05, 3.63) is 18.1 Å². The van der Waals surface area contributed by atoms with Gasteiger partial charge in [0.05, 0.1) is 12.8 Å². The van der Waals surface area contributed by atoms with Crippen LogP contribution >= 0.6 is 0 Å². The van der Waals surface area contributed by atoms with Crippen molar-refractivity contribution in [2.24, 2.45) is 11.7 Å². The first-order valence-corrected chi connectivity index (χ1v) is 4.91. The molecule has 1 heterocycles. The Morgan fingerprint density at radius 3 is 2.93 bits per heavy atom. The molecule has 1 aromatic heterocycles. The minimum absolute atomic E-state index is 0.381. The lowest BCUT2D eigenvalue weighted by molar-refractivity contribution is 0.394. The van der Waals surface area contributed by atoms with E-state index in [1.165, 1.54) is 12.8 Å². The number of nitrogens with zero attached hydrogens (tertiary/aromatic N) is 2. The Morgan fingerprint density at radius 2 is 2.36 bits per heavy atom. The molecule has 1 saturated carbocycles. The molecule has 14 heavy (non-hydrogen) atoms. The van der Waals surface area contributed by atoms with E-state index in [0.29, 0.717) is 18.3 Å². The minimum Gasteiger partial charge on any atom is -0.481 e. The van der Waals surface area contributed by atoms with Crippen LogP contribution in [0.5, 0.6) is 5.88 Å². The maximum Gasteiger partial charge on any atom is 0.216 e. The molecule has 0 radical (unpaired) electrons. The number of ether oxygens (including phenoxy) is 1. The van der Waals surface area contributed by atoms with Gasteiger partial charge in [0.15, 0.2) is 0 Å². The highest BCUT2D eigenvalue weighted by atomic mass is 16.5. The molecule has 2 N–H and O–H groups in total. The largest absolute Gasteiger partial charge is 0.481 e. The molecule has 1 unspecified atom stereocenters. The van der Waals surface area contributed by atoms with Gasteiger partial charge in [-0.25, -0.2) is 9.97 Å². The van der Waals surface area contributed by atoms with Gasteiger partial charge in [0.1, 0.15) is 6.33 Å². The van der Waals surface area contributed by atoms with Crippen LogP contribution in [0, 0.1) is 5.92 Å². The Kier molecular flexibility index (Phi) is 2.63. The van der Waals surface area contributed by atoms with Crippen LogP contribution in [0.15, 0.2) is 12.4 Å². The molecule has 4 nitrogen and oxygen atoms in total. The van der Waals surface area contributed by atoms with E-state index in [-0.39, 0.29) is 0 Å². The Labute approximate surface area is 83.5 Å². The van der Waals surface area contributed by atoms with Gasteiger partial charge in [-0.1, -0.05) is 0 Å². The summed E-state index contributed by atoms with van der Waals surface area (Å²) in [7, 11) is 1.61. The Morgan fingerprint density at radius 1 is 1.57 bits per heavy atom. The molecule has 1 aliphatic rings. The first-order chi connectivity index (χ1) is 6.85. The monoisotopic (exact) mass is 193 g/mol. The van der Waals surface area contributed by atoms with E-state index in [0.717, 1.165) is 11.6 Å². The molecule has 0 bridgehead atoms. The Balaban J connectivity index is 2.20.